The van der Waals surface area contributed by atoms with E-state index in [0.717, 1.165) is 13.1 Å². The number of morpholine rings is 1. The molecule has 0 atom stereocenters. The molecule has 1 aliphatic heterocycles. The number of fused-ring (bicyclic) bond motifs is 2. The largest absolute Gasteiger partial charge is 0.495 e. The smallest absolute Gasteiger partial charge is 0.206 e. The van der Waals surface area contributed by atoms with Gasteiger partial charge in [-0.25, -0.2) is 0 Å². The third kappa shape index (κ3) is 3.24. The van der Waals surface area contributed by atoms with Gasteiger partial charge in [0.25, 0.3) is 0 Å². The molecule has 1 fully saturated rings. The first-order valence-corrected chi connectivity index (χ1v) is 10.0. The third-order valence-corrected chi connectivity index (χ3v) is 5.57. The summed E-state index contributed by atoms with van der Waals surface area (Å²) >= 11 is 0. The first-order chi connectivity index (χ1) is 15.2. The number of pyridine rings is 1. The maximum absolute atomic E-state index is 13.9. The lowest BCUT2D eigenvalue weighted by atomic mass is 10.0. The molecule has 3 aromatic heterocycles. The van der Waals surface area contributed by atoms with E-state index in [9.17, 15) is 4.79 Å². The van der Waals surface area contributed by atoms with E-state index in [0.29, 0.717) is 64.5 Å². The van der Waals surface area contributed by atoms with Crippen LogP contribution in [0.25, 0.3) is 33.3 Å². The second-order valence-corrected chi connectivity index (χ2v) is 7.30. The van der Waals surface area contributed by atoms with E-state index in [1.54, 1.807) is 18.5 Å². The van der Waals surface area contributed by atoms with E-state index >= 15 is 0 Å². The van der Waals surface area contributed by atoms with Crippen LogP contribution in [0.3, 0.4) is 0 Å². The molecule has 0 spiro atoms. The zero-order chi connectivity index (χ0) is 21.4. The molecule has 1 saturated heterocycles. The maximum atomic E-state index is 13.9. The average Bonchev–Trinajstić information content (AvgIpc) is 3.30. The number of rotatable bonds is 5. The zero-order valence-electron chi connectivity index (χ0n) is 17.3. The highest BCUT2D eigenvalue weighted by Crippen LogP contribution is 2.43. The van der Waals surface area contributed by atoms with Crippen molar-refractivity contribution >= 4 is 21.9 Å². The van der Waals surface area contributed by atoms with Crippen LogP contribution in [0.1, 0.15) is 5.56 Å². The molecule has 31 heavy (non-hydrogen) atoms. The van der Waals surface area contributed by atoms with Crippen molar-refractivity contribution < 1.29 is 23.0 Å². The minimum Gasteiger partial charge on any atom is -0.495 e. The molecule has 4 aromatic rings. The summed E-state index contributed by atoms with van der Waals surface area (Å²) in [5, 5.41) is 0.995. The van der Waals surface area contributed by atoms with E-state index in [1.165, 1.54) is 20.5 Å². The van der Waals surface area contributed by atoms with Crippen molar-refractivity contribution in [1.29, 1.82) is 0 Å². The zero-order valence-corrected chi connectivity index (χ0v) is 17.3. The van der Waals surface area contributed by atoms with Crippen LogP contribution in [0, 0.1) is 0 Å². The van der Waals surface area contributed by atoms with E-state index in [-0.39, 0.29) is 11.0 Å². The number of methoxy groups -OCH3 is 2. The van der Waals surface area contributed by atoms with Crippen LogP contribution in [0.2, 0.25) is 0 Å². The highest BCUT2D eigenvalue weighted by atomic mass is 16.5. The third-order valence-electron chi connectivity index (χ3n) is 5.57. The fourth-order valence-corrected chi connectivity index (χ4v) is 4.09. The summed E-state index contributed by atoms with van der Waals surface area (Å²) in [4.78, 5) is 20.3. The Labute approximate surface area is 177 Å². The van der Waals surface area contributed by atoms with Crippen molar-refractivity contribution in [3.63, 3.8) is 0 Å². The summed E-state index contributed by atoms with van der Waals surface area (Å²) in [5.41, 5.74) is 1.85. The maximum Gasteiger partial charge on any atom is 0.206 e. The van der Waals surface area contributed by atoms with Gasteiger partial charge in [0.2, 0.25) is 11.2 Å². The number of hydrogen-bond donors (Lipinski definition) is 0. The highest BCUT2D eigenvalue weighted by molar-refractivity contribution is 6.07. The number of nitrogens with zero attached hydrogens (tertiary/aromatic N) is 2. The molecule has 0 radical (unpaired) electrons. The molecule has 0 amide bonds. The molecule has 8 nitrogen and oxygen atoms in total. The van der Waals surface area contributed by atoms with Crippen LogP contribution in [0.15, 0.2) is 50.5 Å². The Bertz CT molecular complexity index is 1290. The highest BCUT2D eigenvalue weighted by Gasteiger charge is 2.27. The van der Waals surface area contributed by atoms with E-state index in [1.807, 2.05) is 12.1 Å². The van der Waals surface area contributed by atoms with Gasteiger partial charge in [0.1, 0.15) is 16.9 Å². The monoisotopic (exact) mass is 422 g/mol. The van der Waals surface area contributed by atoms with Crippen molar-refractivity contribution in [2.75, 3.05) is 40.5 Å². The van der Waals surface area contributed by atoms with Crippen LogP contribution in [0.5, 0.6) is 11.5 Å². The number of aromatic nitrogens is 1. The molecule has 1 aromatic carbocycles. The Hall–Kier alpha value is -3.36. The first kappa shape index (κ1) is 19.6. The van der Waals surface area contributed by atoms with Crippen LogP contribution >= 0.6 is 0 Å². The molecule has 0 N–H and O–H groups in total. The second-order valence-electron chi connectivity index (χ2n) is 7.30. The van der Waals surface area contributed by atoms with Crippen molar-refractivity contribution in [1.82, 2.24) is 9.88 Å². The van der Waals surface area contributed by atoms with Gasteiger partial charge >= 0.3 is 0 Å². The second kappa shape index (κ2) is 8.05. The molecule has 0 aliphatic carbocycles. The van der Waals surface area contributed by atoms with Crippen molar-refractivity contribution in [3.05, 3.63) is 52.6 Å². The molecule has 0 bridgehead atoms. The average molecular weight is 422 g/mol. The van der Waals surface area contributed by atoms with Crippen molar-refractivity contribution in [3.8, 4) is 22.8 Å². The number of benzene rings is 1. The molecular formula is C23H22N2O6. The fraction of sp³-hybridized carbons (Fsp3) is 0.304. The van der Waals surface area contributed by atoms with Crippen LogP contribution in [-0.2, 0) is 11.3 Å². The SMILES string of the molecule is COc1c2occc2c(OC)c2c(=O)c(CN3CCOCC3)c(-c3cccnc3)oc12. The van der Waals surface area contributed by atoms with Crippen molar-refractivity contribution in [2.24, 2.45) is 0 Å². The molecule has 1 aliphatic rings. The topological polar surface area (TPSA) is 87.2 Å². The van der Waals surface area contributed by atoms with Crippen LogP contribution < -0.4 is 14.9 Å². The molecule has 160 valence electrons. The van der Waals surface area contributed by atoms with Gasteiger partial charge in [-0.05, 0) is 18.2 Å². The van der Waals surface area contributed by atoms with Gasteiger partial charge in [0.05, 0.1) is 44.6 Å². The standard InChI is InChI=1S/C23H22N2O6/c1-27-20-15-5-9-30-21(15)23(28-2)22-17(20)18(26)16(13-25-7-10-29-11-8-25)19(31-22)14-4-3-6-24-12-14/h3-6,9,12H,7-8,10-11,13H2,1-2H3. The van der Waals surface area contributed by atoms with E-state index < -0.39 is 0 Å². The van der Waals surface area contributed by atoms with Gasteiger partial charge in [-0.1, -0.05) is 0 Å². The van der Waals surface area contributed by atoms with Crippen molar-refractivity contribution in [2.45, 2.75) is 6.54 Å². The molecule has 8 heteroatoms. The lowest BCUT2D eigenvalue weighted by molar-refractivity contribution is 0.0340. The van der Waals surface area contributed by atoms with Gasteiger partial charge in [0.15, 0.2) is 11.2 Å². The van der Waals surface area contributed by atoms with Gasteiger partial charge in [-0.2, -0.15) is 0 Å². The lowest BCUT2D eigenvalue weighted by Gasteiger charge is -2.27. The summed E-state index contributed by atoms with van der Waals surface area (Å²) in [7, 11) is 3.05. The Morgan fingerprint density at radius 1 is 1.10 bits per heavy atom. The normalized spacial score (nSPS) is 14.9. The molecule has 5 rings (SSSR count). The van der Waals surface area contributed by atoms with E-state index in [4.69, 9.17) is 23.0 Å². The Kier molecular flexibility index (Phi) is 5.09. The Morgan fingerprint density at radius 2 is 1.90 bits per heavy atom. The first-order valence-electron chi connectivity index (χ1n) is 10.0. The molecule has 4 heterocycles. The lowest BCUT2D eigenvalue weighted by Crippen LogP contribution is -2.37. The van der Waals surface area contributed by atoms with Crippen LogP contribution in [0.4, 0.5) is 0 Å². The summed E-state index contributed by atoms with van der Waals surface area (Å²) < 4.78 is 28.7. The predicted molar refractivity (Wildman–Crippen MR) is 115 cm³/mol. The molecule has 0 saturated carbocycles. The number of hydrogen-bond acceptors (Lipinski definition) is 8. The summed E-state index contributed by atoms with van der Waals surface area (Å²) in [5.74, 6) is 1.23. The van der Waals surface area contributed by atoms with Gasteiger partial charge < -0.3 is 23.0 Å². The number of furan rings is 1. The van der Waals surface area contributed by atoms with Gasteiger partial charge in [-0.3, -0.25) is 14.7 Å². The number of ether oxygens (including phenoxy) is 3. The molecule has 0 unspecified atom stereocenters. The van der Waals surface area contributed by atoms with Gasteiger partial charge in [-0.15, -0.1) is 0 Å². The molecular weight excluding hydrogens is 400 g/mol. The summed E-state index contributed by atoms with van der Waals surface area (Å²) in [6.07, 6.45) is 4.90. The van der Waals surface area contributed by atoms with Gasteiger partial charge in [0, 0.05) is 37.6 Å². The minimum absolute atomic E-state index is 0.162. The summed E-state index contributed by atoms with van der Waals surface area (Å²) in [6.45, 7) is 3.18. The minimum atomic E-state index is -0.162. The van der Waals surface area contributed by atoms with Crippen LogP contribution in [-0.4, -0.2) is 50.4 Å². The summed E-state index contributed by atoms with van der Waals surface area (Å²) in [6, 6.07) is 5.44. The quantitative estimate of drug-likeness (QED) is 0.483. The predicted octanol–water partition coefficient (Wildman–Crippen LogP) is 3.45. The fourth-order valence-electron chi connectivity index (χ4n) is 4.09. The Morgan fingerprint density at radius 3 is 2.61 bits per heavy atom. The Balaban J connectivity index is 1.85. The van der Waals surface area contributed by atoms with E-state index in [2.05, 4.69) is 9.88 Å².